The Kier molecular flexibility index (Phi) is 6.49. The molecule has 0 bridgehead atoms. The fourth-order valence-electron chi connectivity index (χ4n) is 2.58. The maximum absolute atomic E-state index is 12.6. The van der Waals surface area contributed by atoms with Crippen LogP contribution in [0.5, 0.6) is 5.75 Å². The lowest BCUT2D eigenvalue weighted by atomic mass is 10.1. The van der Waals surface area contributed by atoms with Gasteiger partial charge in [-0.2, -0.15) is 5.10 Å². The molecule has 27 heavy (non-hydrogen) atoms. The summed E-state index contributed by atoms with van der Waals surface area (Å²) in [7, 11) is 1.81. The van der Waals surface area contributed by atoms with Gasteiger partial charge in [0.1, 0.15) is 12.1 Å². The zero-order valence-electron chi connectivity index (χ0n) is 15.4. The van der Waals surface area contributed by atoms with Crippen LogP contribution in [0.4, 0.5) is 0 Å². The van der Waals surface area contributed by atoms with Crippen LogP contribution >= 0.6 is 11.8 Å². The number of hydrogen-bond donors (Lipinski definition) is 1. The van der Waals surface area contributed by atoms with Crippen molar-refractivity contribution < 1.29 is 9.53 Å². The molecule has 2 aromatic carbocycles. The molecule has 0 atom stereocenters. The first-order chi connectivity index (χ1) is 13.2. The van der Waals surface area contributed by atoms with Gasteiger partial charge < -0.3 is 9.64 Å². The molecule has 0 radical (unpaired) electrons. The average Bonchev–Trinajstić information content (AvgIpc) is 3.21. The Balaban J connectivity index is 1.55. The van der Waals surface area contributed by atoms with E-state index >= 15 is 0 Å². The molecule has 0 aliphatic carbocycles. The number of ether oxygens (including phenoxy) is 1. The number of nitrogens with one attached hydrogen (secondary N) is 1. The minimum absolute atomic E-state index is 0.00155. The second-order valence-electron chi connectivity index (χ2n) is 6.01. The topological polar surface area (TPSA) is 71.1 Å². The molecule has 1 aromatic heterocycles. The molecule has 7 heteroatoms. The lowest BCUT2D eigenvalue weighted by Crippen LogP contribution is -2.26. The van der Waals surface area contributed by atoms with Crippen LogP contribution in [0.3, 0.4) is 0 Å². The zero-order chi connectivity index (χ0) is 19.1. The third-order valence-electron chi connectivity index (χ3n) is 3.97. The predicted octanol–water partition coefficient (Wildman–Crippen LogP) is 3.77. The van der Waals surface area contributed by atoms with E-state index in [4.69, 9.17) is 4.74 Å². The standard InChI is InChI=1S/C20H22N4O2S/c1-3-26-18-10-6-15(7-11-18)12-24(2)19(25)17-8-4-16(5-9-17)13-27-20-21-14-22-23-20/h4-11,14H,3,12-13H2,1-2H3,(H,21,22,23). The Morgan fingerprint density at radius 3 is 2.44 bits per heavy atom. The molecule has 0 aliphatic heterocycles. The summed E-state index contributed by atoms with van der Waals surface area (Å²) in [5.41, 5.74) is 2.87. The Hall–Kier alpha value is -2.80. The number of rotatable bonds is 8. The van der Waals surface area contributed by atoms with Crippen molar-refractivity contribution in [3.63, 3.8) is 0 Å². The van der Waals surface area contributed by atoms with Crippen LogP contribution in [-0.4, -0.2) is 39.6 Å². The van der Waals surface area contributed by atoms with Gasteiger partial charge in [-0.3, -0.25) is 9.89 Å². The first-order valence-electron chi connectivity index (χ1n) is 8.70. The van der Waals surface area contributed by atoms with Crippen molar-refractivity contribution in [2.75, 3.05) is 13.7 Å². The van der Waals surface area contributed by atoms with E-state index in [2.05, 4.69) is 15.2 Å². The van der Waals surface area contributed by atoms with E-state index in [1.165, 1.54) is 6.33 Å². The Morgan fingerprint density at radius 1 is 1.11 bits per heavy atom. The zero-order valence-corrected chi connectivity index (χ0v) is 16.2. The molecule has 0 fully saturated rings. The summed E-state index contributed by atoms with van der Waals surface area (Å²) in [4.78, 5) is 18.4. The molecule has 1 heterocycles. The van der Waals surface area contributed by atoms with Crippen LogP contribution in [0.25, 0.3) is 0 Å². The number of hydrogen-bond acceptors (Lipinski definition) is 5. The van der Waals surface area contributed by atoms with Crippen LogP contribution in [-0.2, 0) is 12.3 Å². The van der Waals surface area contributed by atoms with Crippen LogP contribution in [0.15, 0.2) is 60.0 Å². The second kappa shape index (κ2) is 9.23. The van der Waals surface area contributed by atoms with Gasteiger partial charge in [-0.15, -0.1) is 0 Å². The number of aromatic amines is 1. The van der Waals surface area contributed by atoms with Crippen molar-refractivity contribution in [3.05, 3.63) is 71.5 Å². The number of thioether (sulfide) groups is 1. The molecule has 1 amide bonds. The number of benzene rings is 2. The SMILES string of the molecule is CCOc1ccc(CN(C)C(=O)c2ccc(CSc3ncn[nH]3)cc2)cc1. The van der Waals surface area contributed by atoms with E-state index in [-0.39, 0.29) is 5.91 Å². The molecule has 0 saturated carbocycles. The maximum atomic E-state index is 12.6. The molecule has 1 N–H and O–H groups in total. The highest BCUT2D eigenvalue weighted by Gasteiger charge is 2.12. The summed E-state index contributed by atoms with van der Waals surface area (Å²) in [6, 6.07) is 15.5. The number of H-pyrrole nitrogens is 1. The van der Waals surface area contributed by atoms with E-state index < -0.39 is 0 Å². The van der Waals surface area contributed by atoms with Crippen LogP contribution in [0.2, 0.25) is 0 Å². The summed E-state index contributed by atoms with van der Waals surface area (Å²) in [5, 5.41) is 7.43. The maximum Gasteiger partial charge on any atom is 0.253 e. The van der Waals surface area contributed by atoms with Crippen LogP contribution < -0.4 is 4.74 Å². The van der Waals surface area contributed by atoms with Gasteiger partial charge in [0.2, 0.25) is 0 Å². The van der Waals surface area contributed by atoms with Crippen molar-refractivity contribution >= 4 is 17.7 Å². The first-order valence-corrected chi connectivity index (χ1v) is 9.68. The lowest BCUT2D eigenvalue weighted by Gasteiger charge is -2.18. The van der Waals surface area contributed by atoms with Gasteiger partial charge in [-0.25, -0.2) is 4.98 Å². The van der Waals surface area contributed by atoms with Gasteiger partial charge in [-0.05, 0) is 42.3 Å². The monoisotopic (exact) mass is 382 g/mol. The quantitative estimate of drug-likeness (QED) is 0.601. The summed E-state index contributed by atoms with van der Waals surface area (Å²) < 4.78 is 5.45. The van der Waals surface area contributed by atoms with Crippen molar-refractivity contribution in [1.29, 1.82) is 0 Å². The Bertz CT molecular complexity index is 849. The summed E-state index contributed by atoms with van der Waals surface area (Å²) in [6.45, 7) is 3.15. The van der Waals surface area contributed by atoms with Crippen molar-refractivity contribution in [3.8, 4) is 5.75 Å². The van der Waals surface area contributed by atoms with E-state index in [0.29, 0.717) is 18.7 Å². The summed E-state index contributed by atoms with van der Waals surface area (Å²) in [6.07, 6.45) is 1.49. The number of nitrogens with zero attached hydrogens (tertiary/aromatic N) is 3. The Labute approximate surface area is 163 Å². The first kappa shape index (κ1) is 19.0. The molecule has 0 aliphatic rings. The minimum Gasteiger partial charge on any atom is -0.494 e. The number of amides is 1. The Morgan fingerprint density at radius 2 is 1.81 bits per heavy atom. The highest BCUT2D eigenvalue weighted by atomic mass is 32.2. The molecule has 3 rings (SSSR count). The van der Waals surface area contributed by atoms with Gasteiger partial charge in [0.05, 0.1) is 6.61 Å². The predicted molar refractivity (Wildman–Crippen MR) is 106 cm³/mol. The highest BCUT2D eigenvalue weighted by Crippen LogP contribution is 2.19. The van der Waals surface area contributed by atoms with Crippen molar-refractivity contribution in [2.24, 2.45) is 0 Å². The fraction of sp³-hybridized carbons (Fsp3) is 0.250. The van der Waals surface area contributed by atoms with E-state index in [1.54, 1.807) is 16.7 Å². The van der Waals surface area contributed by atoms with Gasteiger partial charge in [0.25, 0.3) is 5.91 Å². The van der Waals surface area contributed by atoms with E-state index in [9.17, 15) is 4.79 Å². The summed E-state index contributed by atoms with van der Waals surface area (Å²) in [5.74, 6) is 1.61. The number of carbonyl (C=O) groups excluding carboxylic acids is 1. The number of aromatic nitrogens is 3. The smallest absolute Gasteiger partial charge is 0.253 e. The molecule has 6 nitrogen and oxygen atoms in total. The van der Waals surface area contributed by atoms with Crippen molar-refractivity contribution in [1.82, 2.24) is 20.1 Å². The van der Waals surface area contributed by atoms with Gasteiger partial charge in [0.15, 0.2) is 5.16 Å². The fourth-order valence-corrected chi connectivity index (χ4v) is 3.32. The minimum atomic E-state index is -0.00155. The van der Waals surface area contributed by atoms with Gasteiger partial charge in [0, 0.05) is 24.9 Å². The lowest BCUT2D eigenvalue weighted by molar-refractivity contribution is 0.0785. The van der Waals surface area contributed by atoms with Gasteiger partial charge >= 0.3 is 0 Å². The molecule has 3 aromatic rings. The highest BCUT2D eigenvalue weighted by molar-refractivity contribution is 7.98. The molecular weight excluding hydrogens is 360 g/mol. The van der Waals surface area contributed by atoms with Gasteiger partial charge in [-0.1, -0.05) is 36.0 Å². The normalized spacial score (nSPS) is 10.6. The van der Waals surface area contributed by atoms with Crippen LogP contribution in [0.1, 0.15) is 28.4 Å². The number of carbonyl (C=O) groups is 1. The van der Waals surface area contributed by atoms with Crippen molar-refractivity contribution in [2.45, 2.75) is 24.4 Å². The molecule has 0 saturated heterocycles. The third-order valence-corrected chi connectivity index (χ3v) is 4.92. The van der Waals surface area contributed by atoms with Crippen LogP contribution in [0, 0.1) is 0 Å². The molecule has 0 spiro atoms. The second-order valence-corrected chi connectivity index (χ2v) is 6.98. The molecule has 0 unspecified atom stereocenters. The molecule has 140 valence electrons. The third kappa shape index (κ3) is 5.34. The van der Waals surface area contributed by atoms with E-state index in [1.807, 2.05) is 62.5 Å². The van der Waals surface area contributed by atoms with E-state index in [0.717, 1.165) is 27.8 Å². The largest absolute Gasteiger partial charge is 0.494 e. The molecular formula is C20H22N4O2S. The summed E-state index contributed by atoms with van der Waals surface area (Å²) >= 11 is 1.57. The average molecular weight is 382 g/mol.